The van der Waals surface area contributed by atoms with Crippen molar-refractivity contribution in [3.8, 4) is 5.75 Å². The molecule has 1 aromatic carbocycles. The number of rotatable bonds is 3. The zero-order valence-electron chi connectivity index (χ0n) is 17.1. The van der Waals surface area contributed by atoms with E-state index in [1.165, 1.54) is 0 Å². The predicted molar refractivity (Wildman–Crippen MR) is 101 cm³/mol. The zero-order valence-corrected chi connectivity index (χ0v) is 17.1. The summed E-state index contributed by atoms with van der Waals surface area (Å²) < 4.78 is 5.98. The Morgan fingerprint density at radius 3 is 1.80 bits per heavy atom. The van der Waals surface area contributed by atoms with Gasteiger partial charge in [0.2, 0.25) is 0 Å². The van der Waals surface area contributed by atoms with Crippen molar-refractivity contribution in [3.05, 3.63) is 28.8 Å². The highest BCUT2D eigenvalue weighted by Crippen LogP contribution is 2.57. The van der Waals surface area contributed by atoms with Crippen molar-refractivity contribution in [1.82, 2.24) is 0 Å². The average Bonchev–Trinajstić information content (AvgIpc) is 2.99. The molecule has 0 aliphatic heterocycles. The summed E-state index contributed by atoms with van der Waals surface area (Å²) in [6, 6.07) is 4.21. The summed E-state index contributed by atoms with van der Waals surface area (Å²) in [7, 11) is 0. The first-order valence-electron chi connectivity index (χ1n) is 9.04. The minimum absolute atomic E-state index is 0.148. The van der Waals surface area contributed by atoms with Gasteiger partial charge in [-0.15, -0.1) is 0 Å². The summed E-state index contributed by atoms with van der Waals surface area (Å²) in [5.41, 5.74) is 2.62. The molecule has 2 atom stereocenters. The van der Waals surface area contributed by atoms with Gasteiger partial charge in [-0.1, -0.05) is 73.1 Å². The molecule has 0 heterocycles. The maximum Gasteiger partial charge on any atom is 0.315 e. The maximum absolute atomic E-state index is 12.8. The molecule has 0 aromatic heterocycles. The van der Waals surface area contributed by atoms with E-state index >= 15 is 0 Å². The molecule has 1 saturated carbocycles. The topological polar surface area (TPSA) is 43.4 Å². The Labute approximate surface area is 152 Å². The van der Waals surface area contributed by atoms with Crippen LogP contribution in [0.5, 0.6) is 5.75 Å². The van der Waals surface area contributed by atoms with Gasteiger partial charge in [-0.3, -0.25) is 4.79 Å². The lowest BCUT2D eigenvalue weighted by Crippen LogP contribution is -2.23. The van der Waals surface area contributed by atoms with E-state index in [1.54, 1.807) is 0 Å². The molecule has 1 aromatic rings. The van der Waals surface area contributed by atoms with Crippen LogP contribution in [-0.4, -0.2) is 12.3 Å². The molecule has 2 rings (SSSR count). The highest BCUT2D eigenvalue weighted by atomic mass is 16.5. The Morgan fingerprint density at radius 2 is 1.48 bits per heavy atom. The molecule has 1 aliphatic rings. The van der Waals surface area contributed by atoms with Crippen LogP contribution in [0.3, 0.4) is 0 Å². The molecule has 1 fully saturated rings. The van der Waals surface area contributed by atoms with Crippen molar-refractivity contribution in [1.29, 1.82) is 0 Å². The number of hydrogen-bond acceptors (Lipinski definition) is 3. The normalized spacial score (nSPS) is 22.4. The molecule has 0 N–H and O–H groups in total. The summed E-state index contributed by atoms with van der Waals surface area (Å²) in [4.78, 5) is 24.1. The zero-order chi connectivity index (χ0) is 19.4. The second kappa shape index (κ2) is 5.96. The van der Waals surface area contributed by atoms with Crippen LogP contribution in [0, 0.1) is 24.2 Å². The summed E-state index contributed by atoms with van der Waals surface area (Å²) >= 11 is 0. The lowest BCUT2D eigenvalue weighted by atomic mass is 9.78. The first kappa shape index (κ1) is 19.7. The van der Waals surface area contributed by atoms with Gasteiger partial charge in [-0.25, -0.2) is 0 Å². The van der Waals surface area contributed by atoms with Gasteiger partial charge >= 0.3 is 5.97 Å². The van der Waals surface area contributed by atoms with Crippen LogP contribution in [0.4, 0.5) is 0 Å². The van der Waals surface area contributed by atoms with Gasteiger partial charge in [0.1, 0.15) is 12.0 Å². The number of hydrogen-bond donors (Lipinski definition) is 0. The Bertz CT molecular complexity index is 664. The van der Waals surface area contributed by atoms with Crippen LogP contribution in [0.25, 0.3) is 0 Å². The van der Waals surface area contributed by atoms with Crippen molar-refractivity contribution < 1.29 is 14.3 Å². The lowest BCUT2D eigenvalue weighted by Gasteiger charge is -2.30. The highest BCUT2D eigenvalue weighted by molar-refractivity contribution is 5.86. The van der Waals surface area contributed by atoms with E-state index in [2.05, 4.69) is 60.6 Å². The quantitative estimate of drug-likeness (QED) is 0.442. The van der Waals surface area contributed by atoms with Gasteiger partial charge in [-0.2, -0.15) is 0 Å². The average molecular weight is 344 g/mol. The van der Waals surface area contributed by atoms with Gasteiger partial charge in [0.05, 0.1) is 5.92 Å². The van der Waals surface area contributed by atoms with Crippen LogP contribution >= 0.6 is 0 Å². The number of aldehydes is 1. The van der Waals surface area contributed by atoms with E-state index in [0.29, 0.717) is 5.75 Å². The predicted octanol–water partition coefficient (Wildman–Crippen LogP) is 4.97. The van der Waals surface area contributed by atoms with Crippen molar-refractivity contribution in [3.63, 3.8) is 0 Å². The second-order valence-corrected chi connectivity index (χ2v) is 10.1. The first-order chi connectivity index (χ1) is 11.2. The molecule has 3 nitrogen and oxygen atoms in total. The molecule has 0 bridgehead atoms. The molecule has 138 valence electrons. The largest absolute Gasteiger partial charge is 0.426 e. The molecular weight excluding hydrogens is 312 g/mol. The van der Waals surface area contributed by atoms with Gasteiger partial charge < -0.3 is 9.53 Å². The van der Waals surface area contributed by atoms with Crippen LogP contribution < -0.4 is 4.74 Å². The molecule has 2 unspecified atom stereocenters. The Balaban J connectivity index is 2.52. The highest BCUT2D eigenvalue weighted by Gasteiger charge is 2.63. The Hall–Kier alpha value is -1.64. The lowest BCUT2D eigenvalue weighted by molar-refractivity contribution is -0.137. The number of esters is 1. The smallest absolute Gasteiger partial charge is 0.315 e. The standard InChI is InChI=1S/C22H32O3/c1-13-10-14(20(2,3)4)18(15(11-13)21(5,6)7)25-19(24)17-16(12-23)22(17,8)9/h10-12,16-17H,1-9H3. The van der Waals surface area contributed by atoms with Crippen molar-refractivity contribution in [2.45, 2.75) is 73.1 Å². The van der Waals surface area contributed by atoms with Crippen LogP contribution in [0.15, 0.2) is 12.1 Å². The molecule has 0 amide bonds. The third-order valence-corrected chi connectivity index (χ3v) is 5.36. The molecule has 0 saturated heterocycles. The van der Waals surface area contributed by atoms with Crippen molar-refractivity contribution >= 4 is 12.3 Å². The number of carbonyl (C=O) groups is 2. The first-order valence-corrected chi connectivity index (χ1v) is 9.04. The molecule has 25 heavy (non-hydrogen) atoms. The van der Waals surface area contributed by atoms with Crippen molar-refractivity contribution in [2.75, 3.05) is 0 Å². The minimum atomic E-state index is -0.355. The number of carbonyl (C=O) groups excluding carboxylic acids is 2. The fourth-order valence-electron chi connectivity index (χ4n) is 3.54. The van der Waals surface area contributed by atoms with Crippen LogP contribution in [0.1, 0.15) is 72.1 Å². The summed E-state index contributed by atoms with van der Waals surface area (Å²) in [6.45, 7) is 18.7. The third-order valence-electron chi connectivity index (χ3n) is 5.36. The van der Waals surface area contributed by atoms with E-state index in [1.807, 2.05) is 13.8 Å². The SMILES string of the molecule is Cc1cc(C(C)(C)C)c(OC(=O)C2C(C=O)C2(C)C)c(C(C)(C)C)c1. The molecule has 3 heteroatoms. The van der Waals surface area contributed by atoms with Crippen LogP contribution in [-0.2, 0) is 20.4 Å². The fraction of sp³-hybridized carbons (Fsp3) is 0.636. The van der Waals surface area contributed by atoms with Crippen molar-refractivity contribution in [2.24, 2.45) is 17.3 Å². The third kappa shape index (κ3) is 3.65. The van der Waals surface area contributed by atoms with Gasteiger partial charge in [0.25, 0.3) is 0 Å². The molecular formula is C22H32O3. The van der Waals surface area contributed by atoms with E-state index in [4.69, 9.17) is 4.74 Å². The molecule has 0 spiro atoms. The fourth-order valence-corrected chi connectivity index (χ4v) is 3.54. The second-order valence-electron chi connectivity index (χ2n) is 10.1. The summed E-state index contributed by atoms with van der Waals surface area (Å²) in [5, 5.41) is 0. The Morgan fingerprint density at radius 1 is 1.04 bits per heavy atom. The van der Waals surface area contributed by atoms with E-state index in [0.717, 1.165) is 23.0 Å². The summed E-state index contributed by atoms with van der Waals surface area (Å²) in [5.74, 6) is -0.224. The number of aryl methyl sites for hydroxylation is 1. The van der Waals surface area contributed by atoms with Gasteiger partial charge in [-0.05, 0) is 23.2 Å². The molecule has 1 aliphatic carbocycles. The number of ether oxygens (including phenoxy) is 1. The summed E-state index contributed by atoms with van der Waals surface area (Å²) in [6.07, 6.45) is 0.885. The van der Waals surface area contributed by atoms with E-state index < -0.39 is 0 Å². The molecule has 0 radical (unpaired) electrons. The minimum Gasteiger partial charge on any atom is -0.426 e. The number of benzene rings is 1. The van der Waals surface area contributed by atoms with Crippen LogP contribution in [0.2, 0.25) is 0 Å². The van der Waals surface area contributed by atoms with E-state index in [-0.39, 0.29) is 34.1 Å². The monoisotopic (exact) mass is 344 g/mol. The van der Waals surface area contributed by atoms with E-state index in [9.17, 15) is 9.59 Å². The van der Waals surface area contributed by atoms with Gasteiger partial charge in [0, 0.05) is 17.0 Å². The Kier molecular flexibility index (Phi) is 4.69. The van der Waals surface area contributed by atoms with Gasteiger partial charge in [0.15, 0.2) is 0 Å². The maximum atomic E-state index is 12.8.